The lowest BCUT2D eigenvalue weighted by Gasteiger charge is -2.15. The van der Waals surface area contributed by atoms with Crippen molar-refractivity contribution >= 4 is 15.9 Å². The van der Waals surface area contributed by atoms with Crippen LogP contribution >= 0.6 is 15.9 Å². The maximum atomic E-state index is 11.9. The molecule has 0 amide bonds. The Balaban J connectivity index is 3.68. The number of rotatable bonds is 2. The second kappa shape index (κ2) is 4.35. The van der Waals surface area contributed by atoms with Gasteiger partial charge in [-0.3, -0.25) is 13.9 Å². The summed E-state index contributed by atoms with van der Waals surface area (Å²) < 4.78 is 3.24. The van der Waals surface area contributed by atoms with Gasteiger partial charge in [-0.05, 0) is 36.2 Å². The van der Waals surface area contributed by atoms with Crippen molar-refractivity contribution < 1.29 is 0 Å². The Labute approximate surface area is 96.7 Å². The first kappa shape index (κ1) is 12.2. The quantitative estimate of drug-likeness (QED) is 0.822. The molecule has 0 radical (unpaired) electrons. The zero-order chi connectivity index (χ0) is 11.7. The lowest BCUT2D eigenvalue weighted by molar-refractivity contribution is 0.468. The van der Waals surface area contributed by atoms with Crippen molar-refractivity contribution in [3.8, 4) is 0 Å². The maximum absolute atomic E-state index is 11.9. The Morgan fingerprint density at radius 2 is 1.93 bits per heavy atom. The zero-order valence-corrected chi connectivity index (χ0v) is 11.0. The van der Waals surface area contributed by atoms with Gasteiger partial charge in [0.15, 0.2) is 0 Å². The fourth-order valence-corrected chi connectivity index (χ4v) is 1.83. The molecule has 0 saturated heterocycles. The summed E-state index contributed by atoms with van der Waals surface area (Å²) in [6.07, 6.45) is 0.755. The molecule has 15 heavy (non-hydrogen) atoms. The number of aromatic nitrogens is 2. The van der Waals surface area contributed by atoms with Crippen LogP contribution in [0.5, 0.6) is 0 Å². The van der Waals surface area contributed by atoms with E-state index in [-0.39, 0.29) is 17.3 Å². The first-order valence-electron chi connectivity index (χ1n) is 4.89. The third kappa shape index (κ3) is 1.93. The molecule has 0 N–H and O–H groups in total. The summed E-state index contributed by atoms with van der Waals surface area (Å²) >= 11 is 3.22. The maximum Gasteiger partial charge on any atom is 0.331 e. The van der Waals surface area contributed by atoms with E-state index in [1.54, 1.807) is 14.0 Å². The molecule has 1 aromatic heterocycles. The average Bonchev–Trinajstić information content (AvgIpc) is 2.23. The van der Waals surface area contributed by atoms with E-state index in [0.29, 0.717) is 10.2 Å². The third-order valence-corrected chi connectivity index (χ3v) is 3.66. The van der Waals surface area contributed by atoms with Crippen LogP contribution in [0, 0.1) is 6.92 Å². The first-order chi connectivity index (χ1) is 6.91. The van der Waals surface area contributed by atoms with Crippen LogP contribution in [0.2, 0.25) is 0 Å². The first-order valence-corrected chi connectivity index (χ1v) is 5.68. The number of hydrogen-bond acceptors (Lipinski definition) is 2. The minimum atomic E-state index is -0.255. The predicted octanol–water partition coefficient (Wildman–Crippen LogP) is 1.59. The molecule has 0 aromatic carbocycles. The fourth-order valence-electron chi connectivity index (χ4n) is 1.37. The predicted molar refractivity (Wildman–Crippen MR) is 63.4 cm³/mol. The van der Waals surface area contributed by atoms with Gasteiger partial charge in [0.1, 0.15) is 4.47 Å². The molecule has 0 aliphatic rings. The highest BCUT2D eigenvalue weighted by Crippen LogP contribution is 2.10. The van der Waals surface area contributed by atoms with Crippen molar-refractivity contribution in [1.29, 1.82) is 0 Å². The molecule has 5 heteroatoms. The standard InChI is InChI=1S/C10H15BrN2O2/c1-5-6(2)13-9(14)8(11)7(3)12(4)10(13)15/h6H,5H2,1-4H3. The van der Waals surface area contributed by atoms with Crippen molar-refractivity contribution in [3.05, 3.63) is 31.0 Å². The van der Waals surface area contributed by atoms with E-state index < -0.39 is 0 Å². The molecule has 0 aliphatic heterocycles. The van der Waals surface area contributed by atoms with Gasteiger partial charge in [0.2, 0.25) is 0 Å². The van der Waals surface area contributed by atoms with E-state index in [9.17, 15) is 9.59 Å². The molecule has 1 rings (SSSR count). The molecule has 1 heterocycles. The van der Waals surface area contributed by atoms with Gasteiger partial charge in [-0.25, -0.2) is 4.79 Å². The molecule has 84 valence electrons. The van der Waals surface area contributed by atoms with E-state index in [0.717, 1.165) is 6.42 Å². The van der Waals surface area contributed by atoms with E-state index >= 15 is 0 Å². The van der Waals surface area contributed by atoms with Gasteiger partial charge < -0.3 is 0 Å². The minimum Gasteiger partial charge on any atom is -0.300 e. The van der Waals surface area contributed by atoms with Gasteiger partial charge in [0.05, 0.1) is 0 Å². The number of halogens is 1. The monoisotopic (exact) mass is 274 g/mol. The summed E-state index contributed by atoms with van der Waals surface area (Å²) in [5.41, 5.74) is 0.157. The molecule has 0 bridgehead atoms. The Morgan fingerprint density at radius 3 is 2.40 bits per heavy atom. The van der Waals surface area contributed by atoms with Gasteiger partial charge in [-0.2, -0.15) is 0 Å². The largest absolute Gasteiger partial charge is 0.331 e. The van der Waals surface area contributed by atoms with Crippen molar-refractivity contribution in [2.24, 2.45) is 7.05 Å². The van der Waals surface area contributed by atoms with E-state index in [2.05, 4.69) is 15.9 Å². The van der Waals surface area contributed by atoms with Crippen molar-refractivity contribution in [2.75, 3.05) is 0 Å². The summed E-state index contributed by atoms with van der Waals surface area (Å²) in [5, 5.41) is 0. The molecular weight excluding hydrogens is 260 g/mol. The Hall–Kier alpha value is -0.840. The van der Waals surface area contributed by atoms with Crippen LogP contribution in [0.3, 0.4) is 0 Å². The van der Waals surface area contributed by atoms with E-state index in [1.165, 1.54) is 9.13 Å². The van der Waals surface area contributed by atoms with Crippen LogP contribution in [0.4, 0.5) is 0 Å². The van der Waals surface area contributed by atoms with Gasteiger partial charge in [0, 0.05) is 18.8 Å². The fraction of sp³-hybridized carbons (Fsp3) is 0.600. The topological polar surface area (TPSA) is 44.0 Å². The molecule has 1 atom stereocenters. The summed E-state index contributed by atoms with van der Waals surface area (Å²) in [4.78, 5) is 23.7. The molecular formula is C10H15BrN2O2. The molecule has 0 saturated carbocycles. The molecule has 1 aromatic rings. The van der Waals surface area contributed by atoms with Crippen LogP contribution in [0.15, 0.2) is 14.1 Å². The molecule has 0 spiro atoms. The Morgan fingerprint density at radius 1 is 1.40 bits per heavy atom. The van der Waals surface area contributed by atoms with Crippen LogP contribution < -0.4 is 11.2 Å². The highest BCUT2D eigenvalue weighted by atomic mass is 79.9. The SMILES string of the molecule is CCC(C)n1c(=O)c(Br)c(C)n(C)c1=O. The molecule has 0 aliphatic carbocycles. The highest BCUT2D eigenvalue weighted by molar-refractivity contribution is 9.10. The van der Waals surface area contributed by atoms with Gasteiger partial charge >= 0.3 is 5.69 Å². The van der Waals surface area contributed by atoms with Crippen molar-refractivity contribution in [2.45, 2.75) is 33.2 Å². The van der Waals surface area contributed by atoms with Gasteiger partial charge in [-0.1, -0.05) is 6.92 Å². The van der Waals surface area contributed by atoms with E-state index in [1.807, 2.05) is 13.8 Å². The minimum absolute atomic E-state index is 0.0758. The molecule has 4 nitrogen and oxygen atoms in total. The smallest absolute Gasteiger partial charge is 0.300 e. The summed E-state index contributed by atoms with van der Waals surface area (Å²) in [7, 11) is 1.67. The molecule has 0 fully saturated rings. The third-order valence-electron chi connectivity index (χ3n) is 2.75. The highest BCUT2D eigenvalue weighted by Gasteiger charge is 2.15. The van der Waals surface area contributed by atoms with Gasteiger partial charge in [-0.15, -0.1) is 0 Å². The summed E-state index contributed by atoms with van der Waals surface area (Å²) in [6.45, 7) is 5.56. The summed E-state index contributed by atoms with van der Waals surface area (Å²) in [5.74, 6) is 0. The zero-order valence-electron chi connectivity index (χ0n) is 9.37. The van der Waals surface area contributed by atoms with Crippen molar-refractivity contribution in [3.63, 3.8) is 0 Å². The van der Waals surface area contributed by atoms with Crippen LogP contribution in [0.1, 0.15) is 32.0 Å². The number of hydrogen-bond donors (Lipinski definition) is 0. The molecule has 1 unspecified atom stereocenters. The second-order valence-corrected chi connectivity index (χ2v) is 4.47. The summed E-state index contributed by atoms with van der Waals surface area (Å²) in [6, 6.07) is -0.0758. The Kier molecular flexibility index (Phi) is 3.54. The number of nitrogens with zero attached hydrogens (tertiary/aromatic N) is 2. The van der Waals surface area contributed by atoms with Crippen molar-refractivity contribution in [1.82, 2.24) is 9.13 Å². The Bertz CT molecular complexity index is 450. The normalized spacial score (nSPS) is 12.9. The van der Waals surface area contributed by atoms with Gasteiger partial charge in [0.25, 0.3) is 5.56 Å². The van der Waals surface area contributed by atoms with Crippen LogP contribution in [-0.2, 0) is 7.05 Å². The second-order valence-electron chi connectivity index (χ2n) is 3.67. The van der Waals surface area contributed by atoms with E-state index in [4.69, 9.17) is 0 Å². The lowest BCUT2D eigenvalue weighted by Crippen LogP contribution is -2.42. The lowest BCUT2D eigenvalue weighted by atomic mass is 10.2. The average molecular weight is 275 g/mol. The van der Waals surface area contributed by atoms with Crippen LogP contribution in [-0.4, -0.2) is 9.13 Å². The van der Waals surface area contributed by atoms with Crippen LogP contribution in [0.25, 0.3) is 0 Å².